The maximum absolute atomic E-state index is 13.9. The molecule has 1 aromatic heterocycles. The molecule has 0 spiro atoms. The Morgan fingerprint density at radius 1 is 0.810 bits per heavy atom. The molecule has 4 N–H and O–H groups in total. The van der Waals surface area contributed by atoms with Gasteiger partial charge in [0.15, 0.2) is 0 Å². The Kier molecular flexibility index (Phi) is 9.69. The van der Waals surface area contributed by atoms with Crippen LogP contribution in [0.3, 0.4) is 0 Å². The number of amides is 2. The van der Waals surface area contributed by atoms with Gasteiger partial charge in [-0.25, -0.2) is 14.2 Å². The van der Waals surface area contributed by atoms with E-state index in [9.17, 15) is 29.1 Å². The van der Waals surface area contributed by atoms with E-state index in [1.807, 2.05) is 19.1 Å². The number of aliphatic carboxylic acids is 1. The monoisotopic (exact) mass is 570 g/mol. The van der Waals surface area contributed by atoms with Crippen molar-refractivity contribution in [1.82, 2.24) is 20.2 Å². The number of fused-ring (bicyclic) bond motifs is 1. The van der Waals surface area contributed by atoms with E-state index in [1.54, 1.807) is 79.7 Å². The van der Waals surface area contributed by atoms with E-state index in [4.69, 9.17) is 0 Å². The first-order valence-corrected chi connectivity index (χ1v) is 13.8. The molecule has 0 radical (unpaired) electrons. The van der Waals surface area contributed by atoms with Gasteiger partial charge in [-0.1, -0.05) is 93.1 Å². The summed E-state index contributed by atoms with van der Waals surface area (Å²) in [6.07, 6.45) is 0.560. The van der Waals surface area contributed by atoms with Gasteiger partial charge < -0.3 is 20.7 Å². The van der Waals surface area contributed by atoms with Crippen molar-refractivity contribution < 1.29 is 19.5 Å². The first-order chi connectivity index (χ1) is 20.2. The van der Waals surface area contributed by atoms with E-state index in [0.717, 1.165) is 10.1 Å². The fourth-order valence-corrected chi connectivity index (χ4v) is 4.86. The van der Waals surface area contributed by atoms with Crippen molar-refractivity contribution in [3.05, 3.63) is 117 Å². The van der Waals surface area contributed by atoms with Gasteiger partial charge in [0.2, 0.25) is 11.8 Å². The Hall–Kier alpha value is -4.99. The summed E-state index contributed by atoms with van der Waals surface area (Å²) in [7, 11) is 0. The van der Waals surface area contributed by atoms with Crippen molar-refractivity contribution in [2.45, 2.75) is 51.2 Å². The summed E-state index contributed by atoms with van der Waals surface area (Å²) in [5.41, 5.74) is 0.386. The number of aromatic amines is 1. The van der Waals surface area contributed by atoms with Crippen molar-refractivity contribution in [3.63, 3.8) is 0 Å². The van der Waals surface area contributed by atoms with Gasteiger partial charge >= 0.3 is 11.7 Å². The molecule has 218 valence electrons. The molecule has 0 aliphatic carbocycles. The van der Waals surface area contributed by atoms with Crippen LogP contribution in [-0.2, 0) is 27.2 Å². The summed E-state index contributed by atoms with van der Waals surface area (Å²) in [5, 5.41) is 15.4. The summed E-state index contributed by atoms with van der Waals surface area (Å²) in [6, 6.07) is 20.7. The molecule has 2 amide bonds. The molecule has 3 aromatic carbocycles. The number of hydrogen-bond donors (Lipinski definition) is 4. The number of nitrogens with zero attached hydrogens (tertiary/aromatic N) is 1. The molecule has 10 heteroatoms. The second-order valence-electron chi connectivity index (χ2n) is 10.3. The van der Waals surface area contributed by atoms with E-state index in [1.165, 1.54) is 0 Å². The van der Waals surface area contributed by atoms with Crippen LogP contribution in [0, 0.1) is 5.92 Å². The van der Waals surface area contributed by atoms with Crippen molar-refractivity contribution in [2.75, 3.05) is 0 Å². The molecule has 0 saturated heterocycles. The molecular weight excluding hydrogens is 536 g/mol. The zero-order valence-corrected chi connectivity index (χ0v) is 23.4. The van der Waals surface area contributed by atoms with Gasteiger partial charge in [0.25, 0.3) is 5.56 Å². The minimum Gasteiger partial charge on any atom is -0.480 e. The number of carbonyl (C=O) groups excluding carboxylic acids is 2. The van der Waals surface area contributed by atoms with Crippen molar-refractivity contribution in [1.29, 1.82) is 0 Å². The predicted octanol–water partition coefficient (Wildman–Crippen LogP) is 2.82. The molecule has 10 nitrogen and oxygen atoms in total. The van der Waals surface area contributed by atoms with Gasteiger partial charge in [-0.2, -0.15) is 0 Å². The largest absolute Gasteiger partial charge is 0.480 e. The standard InChI is InChI=1S/C32H34N4O6/c1-3-20(2)27(29(38)33-25(31(40)41)18-21-12-6-4-7-13-21)35-28(37)26(19-22-14-8-5-9-15-22)36-30(39)23-16-10-11-17-24(23)34-32(36)42/h4-17,20,25-27H,3,18-19H2,1-2H3,(H,33,38)(H,34,42)(H,35,37)(H,40,41)/t20?,25-,26+,27-/m0/s1. The first-order valence-electron chi connectivity index (χ1n) is 13.8. The normalized spacial score (nSPS) is 14.0. The number of carboxylic acids is 1. The molecular formula is C32H34N4O6. The molecule has 0 fully saturated rings. The summed E-state index contributed by atoms with van der Waals surface area (Å²) in [6.45, 7) is 3.61. The van der Waals surface area contributed by atoms with Crippen molar-refractivity contribution in [3.8, 4) is 0 Å². The highest BCUT2D eigenvalue weighted by Crippen LogP contribution is 2.16. The van der Waals surface area contributed by atoms with Crippen LogP contribution in [-0.4, -0.2) is 44.5 Å². The van der Waals surface area contributed by atoms with Gasteiger partial charge in [-0.15, -0.1) is 0 Å². The number of carbonyl (C=O) groups is 3. The lowest BCUT2D eigenvalue weighted by atomic mass is 9.96. The van der Waals surface area contributed by atoms with Crippen LogP contribution in [0.1, 0.15) is 37.4 Å². The third-order valence-electron chi connectivity index (χ3n) is 7.41. The Balaban J connectivity index is 1.67. The second-order valence-corrected chi connectivity index (χ2v) is 10.3. The SMILES string of the molecule is CCC(C)[C@H](NC(=O)[C@@H](Cc1ccccc1)n1c(=O)[nH]c2ccccc2c1=O)C(=O)N[C@@H](Cc1ccccc1)C(=O)O. The molecule has 1 heterocycles. The maximum Gasteiger partial charge on any atom is 0.329 e. The third-order valence-corrected chi connectivity index (χ3v) is 7.41. The van der Waals surface area contributed by atoms with Crippen LogP contribution < -0.4 is 21.9 Å². The average molecular weight is 571 g/mol. The van der Waals surface area contributed by atoms with E-state index >= 15 is 0 Å². The highest BCUT2D eigenvalue weighted by atomic mass is 16.4. The summed E-state index contributed by atoms with van der Waals surface area (Å²) < 4.78 is 0.881. The number of nitrogens with one attached hydrogen (secondary N) is 3. The molecule has 0 bridgehead atoms. The smallest absolute Gasteiger partial charge is 0.329 e. The lowest BCUT2D eigenvalue weighted by Crippen LogP contribution is -2.56. The number of rotatable bonds is 12. The topological polar surface area (TPSA) is 150 Å². The Morgan fingerprint density at radius 3 is 1.98 bits per heavy atom. The van der Waals surface area contributed by atoms with E-state index < -0.39 is 47.2 Å². The first kappa shape index (κ1) is 30.0. The lowest BCUT2D eigenvalue weighted by Gasteiger charge is -2.28. The summed E-state index contributed by atoms with van der Waals surface area (Å²) >= 11 is 0. The molecule has 42 heavy (non-hydrogen) atoms. The summed E-state index contributed by atoms with van der Waals surface area (Å²) in [5.74, 6) is -2.97. The minimum absolute atomic E-state index is 0.00854. The molecule has 0 saturated carbocycles. The van der Waals surface area contributed by atoms with Crippen LogP contribution in [0.2, 0.25) is 0 Å². The van der Waals surface area contributed by atoms with E-state index in [0.29, 0.717) is 17.5 Å². The zero-order chi connectivity index (χ0) is 30.2. The van der Waals surface area contributed by atoms with Crippen molar-refractivity contribution >= 4 is 28.7 Å². The third kappa shape index (κ3) is 7.01. The van der Waals surface area contributed by atoms with E-state index in [-0.39, 0.29) is 24.1 Å². The highest BCUT2D eigenvalue weighted by molar-refractivity contribution is 5.92. The number of hydrogen-bond acceptors (Lipinski definition) is 5. The van der Waals surface area contributed by atoms with Crippen LogP contribution in [0.25, 0.3) is 10.9 Å². The van der Waals surface area contributed by atoms with E-state index in [2.05, 4.69) is 15.6 Å². The Bertz CT molecular complexity index is 1670. The van der Waals surface area contributed by atoms with Crippen LogP contribution in [0.15, 0.2) is 94.5 Å². The molecule has 1 unspecified atom stereocenters. The van der Waals surface area contributed by atoms with Gasteiger partial charge in [-0.05, 0) is 29.2 Å². The number of carboxylic acid groups (broad SMARTS) is 1. The number of aromatic nitrogens is 2. The minimum atomic E-state index is -1.28. The average Bonchev–Trinajstić information content (AvgIpc) is 2.99. The zero-order valence-electron chi connectivity index (χ0n) is 23.4. The number of H-pyrrole nitrogens is 1. The lowest BCUT2D eigenvalue weighted by molar-refractivity contribution is -0.142. The van der Waals surface area contributed by atoms with Crippen LogP contribution in [0.4, 0.5) is 0 Å². The second kappa shape index (κ2) is 13.6. The van der Waals surface area contributed by atoms with Gasteiger partial charge in [-0.3, -0.25) is 14.4 Å². The van der Waals surface area contributed by atoms with Crippen molar-refractivity contribution in [2.24, 2.45) is 5.92 Å². The fraction of sp³-hybridized carbons (Fsp3) is 0.281. The van der Waals surface area contributed by atoms with Gasteiger partial charge in [0, 0.05) is 12.8 Å². The van der Waals surface area contributed by atoms with Crippen LogP contribution in [0.5, 0.6) is 0 Å². The van der Waals surface area contributed by atoms with Gasteiger partial charge in [0.1, 0.15) is 18.1 Å². The maximum atomic E-state index is 13.9. The molecule has 4 rings (SSSR count). The number of benzene rings is 3. The Morgan fingerprint density at radius 2 is 1.38 bits per heavy atom. The number of para-hydroxylation sites is 1. The molecule has 0 aliphatic rings. The van der Waals surface area contributed by atoms with Crippen LogP contribution >= 0.6 is 0 Å². The summed E-state index contributed by atoms with van der Waals surface area (Å²) in [4.78, 5) is 68.8. The Labute approximate surface area is 242 Å². The molecule has 4 atom stereocenters. The fourth-order valence-electron chi connectivity index (χ4n) is 4.86. The predicted molar refractivity (Wildman–Crippen MR) is 159 cm³/mol. The molecule has 4 aromatic rings. The highest BCUT2D eigenvalue weighted by Gasteiger charge is 2.33. The molecule has 0 aliphatic heterocycles. The van der Waals surface area contributed by atoms with Gasteiger partial charge in [0.05, 0.1) is 10.9 Å². The quantitative estimate of drug-likeness (QED) is 0.206.